The number of carbonyl (C=O) groups excluding carboxylic acids is 1. The van der Waals surface area contributed by atoms with Gasteiger partial charge in [-0.2, -0.15) is 0 Å². The molecule has 0 saturated carbocycles. The number of aliphatic hydroxyl groups is 1. The van der Waals surface area contributed by atoms with Gasteiger partial charge in [0, 0.05) is 12.6 Å². The fourth-order valence-electron chi connectivity index (χ4n) is 1.58. The quantitative estimate of drug-likeness (QED) is 0.569. The van der Waals surface area contributed by atoms with Crippen LogP contribution in [0.3, 0.4) is 0 Å². The first-order chi connectivity index (χ1) is 7.69. The van der Waals surface area contributed by atoms with E-state index in [0.717, 1.165) is 0 Å². The molecule has 0 aliphatic carbocycles. The molecule has 0 aromatic heterocycles. The molecule has 1 amide bonds. The third-order valence-electron chi connectivity index (χ3n) is 2.53. The molecule has 4 nitrogen and oxygen atoms in total. The van der Waals surface area contributed by atoms with Gasteiger partial charge in [-0.15, -0.1) is 0 Å². The minimum Gasteiger partial charge on any atom is -0.394 e. The average Bonchev–Trinajstić information content (AvgIpc) is 2.30. The van der Waals surface area contributed by atoms with E-state index in [1.807, 2.05) is 26.0 Å². The third-order valence-corrected chi connectivity index (χ3v) is 2.53. The number of nitrogens with zero attached hydrogens (tertiary/aromatic N) is 1. The van der Waals surface area contributed by atoms with E-state index in [2.05, 4.69) is 0 Å². The van der Waals surface area contributed by atoms with Crippen LogP contribution in [0.15, 0.2) is 24.3 Å². The van der Waals surface area contributed by atoms with E-state index in [1.165, 1.54) is 6.08 Å². The maximum atomic E-state index is 11.8. The summed E-state index contributed by atoms with van der Waals surface area (Å²) in [7, 11) is 0. The smallest absolute Gasteiger partial charge is 0.246 e. The normalized spacial score (nSPS) is 26.8. The highest BCUT2D eigenvalue weighted by molar-refractivity contribution is 5.88. The Morgan fingerprint density at radius 3 is 2.94 bits per heavy atom. The molecule has 16 heavy (non-hydrogen) atoms. The van der Waals surface area contributed by atoms with E-state index in [4.69, 9.17) is 9.84 Å². The van der Waals surface area contributed by atoms with Gasteiger partial charge in [0.1, 0.15) is 0 Å². The standard InChI is InChI=1S/C12H19NO3/c1-3-4-5-6-12(15)13-7-11(8-14)16-9-10(13)2/h3-6,10-11,14H,7-9H2,1-2H3. The number of amides is 1. The highest BCUT2D eigenvalue weighted by atomic mass is 16.5. The fraction of sp³-hybridized carbons (Fsp3) is 0.583. The second-order valence-corrected chi connectivity index (χ2v) is 3.86. The molecule has 0 aromatic rings. The fourth-order valence-corrected chi connectivity index (χ4v) is 1.58. The lowest BCUT2D eigenvalue weighted by atomic mass is 10.2. The SMILES string of the molecule is CC=CC=CC(=O)N1CC(CO)OCC1C. The number of morpholine rings is 1. The Balaban J connectivity index is 2.58. The summed E-state index contributed by atoms with van der Waals surface area (Å²) in [5.41, 5.74) is 0. The molecule has 0 spiro atoms. The molecule has 1 aliphatic rings. The Morgan fingerprint density at radius 2 is 2.31 bits per heavy atom. The number of hydrogen-bond acceptors (Lipinski definition) is 3. The second kappa shape index (κ2) is 6.45. The van der Waals surface area contributed by atoms with Crippen LogP contribution in [0.25, 0.3) is 0 Å². The summed E-state index contributed by atoms with van der Waals surface area (Å²) in [6, 6.07) is 0.0607. The van der Waals surface area contributed by atoms with E-state index in [9.17, 15) is 4.79 Å². The summed E-state index contributed by atoms with van der Waals surface area (Å²) in [4.78, 5) is 13.5. The van der Waals surface area contributed by atoms with Gasteiger partial charge in [-0.1, -0.05) is 18.2 Å². The van der Waals surface area contributed by atoms with E-state index in [1.54, 1.807) is 11.0 Å². The molecule has 1 saturated heterocycles. The Bertz CT molecular complexity index is 286. The van der Waals surface area contributed by atoms with Crippen LogP contribution >= 0.6 is 0 Å². The molecule has 1 rings (SSSR count). The molecule has 1 fully saturated rings. The number of carbonyl (C=O) groups is 1. The molecule has 1 N–H and O–H groups in total. The summed E-state index contributed by atoms with van der Waals surface area (Å²) in [6.45, 7) is 4.73. The molecule has 2 atom stereocenters. The van der Waals surface area contributed by atoms with E-state index in [0.29, 0.717) is 13.2 Å². The molecule has 0 bridgehead atoms. The second-order valence-electron chi connectivity index (χ2n) is 3.86. The molecule has 0 radical (unpaired) electrons. The lowest BCUT2D eigenvalue weighted by Crippen LogP contribution is -2.51. The van der Waals surface area contributed by atoms with Gasteiger partial charge in [-0.25, -0.2) is 0 Å². The largest absolute Gasteiger partial charge is 0.394 e. The van der Waals surface area contributed by atoms with Gasteiger partial charge in [0.15, 0.2) is 0 Å². The summed E-state index contributed by atoms with van der Waals surface area (Å²) < 4.78 is 5.36. The van der Waals surface area contributed by atoms with Crippen LogP contribution in [0.1, 0.15) is 13.8 Å². The summed E-state index contributed by atoms with van der Waals surface area (Å²) in [6.07, 6.45) is 6.68. The predicted octanol–water partition coefficient (Wildman–Crippen LogP) is 0.727. The van der Waals surface area contributed by atoms with Gasteiger partial charge >= 0.3 is 0 Å². The Hall–Kier alpha value is -1.13. The summed E-state index contributed by atoms with van der Waals surface area (Å²) in [5, 5.41) is 9.00. The molecular formula is C12H19NO3. The van der Waals surface area contributed by atoms with Crippen LogP contribution in [0.2, 0.25) is 0 Å². The molecule has 0 aromatic carbocycles. The van der Waals surface area contributed by atoms with Crippen molar-refractivity contribution in [2.75, 3.05) is 19.8 Å². The average molecular weight is 225 g/mol. The first-order valence-electron chi connectivity index (χ1n) is 5.51. The summed E-state index contributed by atoms with van der Waals surface area (Å²) >= 11 is 0. The topological polar surface area (TPSA) is 49.8 Å². The van der Waals surface area contributed by atoms with E-state index in [-0.39, 0.29) is 24.7 Å². The summed E-state index contributed by atoms with van der Waals surface area (Å²) in [5.74, 6) is -0.0349. The third kappa shape index (κ3) is 3.47. The van der Waals surface area contributed by atoms with Crippen molar-refractivity contribution in [2.45, 2.75) is 26.0 Å². The van der Waals surface area contributed by atoms with Crippen LogP contribution in [0, 0.1) is 0 Å². The van der Waals surface area contributed by atoms with Crippen molar-refractivity contribution in [3.8, 4) is 0 Å². The van der Waals surface area contributed by atoms with Gasteiger partial charge in [0.05, 0.1) is 25.4 Å². The minimum atomic E-state index is -0.254. The molecule has 1 heterocycles. The maximum Gasteiger partial charge on any atom is 0.246 e. The first-order valence-corrected chi connectivity index (χ1v) is 5.51. The van der Waals surface area contributed by atoms with Crippen molar-refractivity contribution in [1.82, 2.24) is 4.90 Å². The van der Waals surface area contributed by atoms with Crippen molar-refractivity contribution >= 4 is 5.91 Å². The zero-order valence-electron chi connectivity index (χ0n) is 9.80. The maximum absolute atomic E-state index is 11.8. The Kier molecular flexibility index (Phi) is 5.22. The van der Waals surface area contributed by atoms with Crippen LogP contribution in [0.5, 0.6) is 0 Å². The number of ether oxygens (including phenoxy) is 1. The van der Waals surface area contributed by atoms with Crippen LogP contribution in [0.4, 0.5) is 0 Å². The number of hydrogen-bond donors (Lipinski definition) is 1. The Labute approximate surface area is 96.2 Å². The van der Waals surface area contributed by atoms with Crippen molar-refractivity contribution in [1.29, 1.82) is 0 Å². The van der Waals surface area contributed by atoms with Crippen molar-refractivity contribution < 1.29 is 14.6 Å². The van der Waals surface area contributed by atoms with Crippen molar-refractivity contribution in [3.63, 3.8) is 0 Å². The van der Waals surface area contributed by atoms with Gasteiger partial charge in [-0.3, -0.25) is 4.79 Å². The molecule has 1 aliphatic heterocycles. The van der Waals surface area contributed by atoms with Gasteiger partial charge < -0.3 is 14.7 Å². The lowest BCUT2D eigenvalue weighted by Gasteiger charge is -2.36. The molecule has 90 valence electrons. The van der Waals surface area contributed by atoms with Crippen LogP contribution in [-0.4, -0.2) is 47.8 Å². The highest BCUT2D eigenvalue weighted by Gasteiger charge is 2.27. The Morgan fingerprint density at radius 1 is 1.56 bits per heavy atom. The monoisotopic (exact) mass is 225 g/mol. The van der Waals surface area contributed by atoms with E-state index < -0.39 is 0 Å². The molecule has 4 heteroatoms. The van der Waals surface area contributed by atoms with Crippen molar-refractivity contribution in [3.05, 3.63) is 24.3 Å². The minimum absolute atomic E-state index is 0.0349. The van der Waals surface area contributed by atoms with Crippen molar-refractivity contribution in [2.24, 2.45) is 0 Å². The number of aliphatic hydroxyl groups excluding tert-OH is 1. The lowest BCUT2D eigenvalue weighted by molar-refractivity contribution is -0.140. The van der Waals surface area contributed by atoms with Crippen LogP contribution in [-0.2, 0) is 9.53 Å². The van der Waals surface area contributed by atoms with Crippen LogP contribution < -0.4 is 0 Å². The van der Waals surface area contributed by atoms with Gasteiger partial charge in [0.2, 0.25) is 5.91 Å². The zero-order chi connectivity index (χ0) is 12.0. The number of allylic oxidation sites excluding steroid dienone is 3. The van der Waals surface area contributed by atoms with Gasteiger partial charge in [-0.05, 0) is 13.8 Å². The highest BCUT2D eigenvalue weighted by Crippen LogP contribution is 2.11. The number of rotatable bonds is 3. The zero-order valence-corrected chi connectivity index (χ0v) is 9.80. The predicted molar refractivity (Wildman–Crippen MR) is 62.0 cm³/mol. The molecule has 2 unspecified atom stereocenters. The van der Waals surface area contributed by atoms with E-state index >= 15 is 0 Å². The molecular weight excluding hydrogens is 206 g/mol. The van der Waals surface area contributed by atoms with Gasteiger partial charge in [0.25, 0.3) is 0 Å². The first kappa shape index (κ1) is 12.9.